The van der Waals surface area contributed by atoms with E-state index in [1.54, 1.807) is 0 Å². The number of nitrogens with two attached hydrogens (primary N) is 1. The van der Waals surface area contributed by atoms with Crippen LogP contribution in [0.4, 0.5) is 5.69 Å². The summed E-state index contributed by atoms with van der Waals surface area (Å²) in [6.07, 6.45) is 0. The first-order valence-electron chi connectivity index (χ1n) is 3.58. The Morgan fingerprint density at radius 1 is 1.00 bits per heavy atom. The minimum atomic E-state index is -4.92. The van der Waals surface area contributed by atoms with E-state index in [0.717, 1.165) is 12.1 Å². The molecule has 0 amide bonds. The number of hydrogen-bond acceptors (Lipinski definition) is 5. The molecule has 0 atom stereocenters. The number of hydrogen-bond donors (Lipinski definition) is 3. The summed E-state index contributed by atoms with van der Waals surface area (Å²) < 4.78 is 61.2. The predicted molar refractivity (Wildman–Crippen MR) is 55.5 cm³/mol. The molecule has 0 aliphatic carbocycles. The second kappa shape index (κ2) is 3.86. The topological polar surface area (TPSA) is 135 Å². The largest absolute Gasteiger partial charge is 0.398 e. The van der Waals surface area contributed by atoms with Gasteiger partial charge in [-0.05, 0) is 12.1 Å². The molecule has 0 spiro atoms. The molecule has 0 bridgehead atoms. The third-order valence-electron chi connectivity index (χ3n) is 1.61. The third kappa shape index (κ3) is 2.44. The molecule has 0 heterocycles. The quantitative estimate of drug-likeness (QED) is 0.529. The van der Waals surface area contributed by atoms with E-state index >= 15 is 0 Å². The van der Waals surface area contributed by atoms with Gasteiger partial charge in [-0.3, -0.25) is 9.11 Å². The molecule has 0 radical (unpaired) electrons. The van der Waals surface area contributed by atoms with Gasteiger partial charge in [-0.1, -0.05) is 11.6 Å². The Morgan fingerprint density at radius 2 is 1.44 bits per heavy atom. The average Bonchev–Trinajstić information content (AvgIpc) is 2.04. The van der Waals surface area contributed by atoms with Gasteiger partial charge in [0.2, 0.25) is 0 Å². The number of benzene rings is 1. The molecule has 0 saturated carbocycles. The van der Waals surface area contributed by atoms with Crippen molar-refractivity contribution in [2.75, 3.05) is 5.73 Å². The molecule has 0 fully saturated rings. The maximum Gasteiger partial charge on any atom is 0.298 e. The lowest BCUT2D eigenvalue weighted by Gasteiger charge is -2.08. The molecule has 1 aromatic rings. The first-order chi connectivity index (χ1) is 7.05. The van der Waals surface area contributed by atoms with Gasteiger partial charge in [-0.25, -0.2) is 0 Å². The van der Waals surface area contributed by atoms with Gasteiger partial charge < -0.3 is 5.73 Å². The summed E-state index contributed by atoms with van der Waals surface area (Å²) in [4.78, 5) is -2.28. The summed E-state index contributed by atoms with van der Waals surface area (Å²) in [6.45, 7) is 0. The number of nitrogen functional groups attached to an aromatic ring is 1. The van der Waals surface area contributed by atoms with Crippen LogP contribution in [-0.4, -0.2) is 25.9 Å². The van der Waals surface area contributed by atoms with Gasteiger partial charge in [0, 0.05) is 0 Å². The SMILES string of the molecule is Nc1ccc(Cl)c(S(=O)(=O)O)c1S(=O)(=O)O. The molecular weight excluding hydrogens is 282 g/mol. The van der Waals surface area contributed by atoms with E-state index in [1.165, 1.54) is 0 Å². The normalized spacial score (nSPS) is 12.7. The molecule has 0 saturated heterocycles. The Bertz CT molecular complexity index is 578. The van der Waals surface area contributed by atoms with Gasteiger partial charge in [0.1, 0.15) is 9.79 Å². The second-order valence-electron chi connectivity index (χ2n) is 2.74. The van der Waals surface area contributed by atoms with Crippen molar-refractivity contribution in [3.63, 3.8) is 0 Å². The number of anilines is 1. The van der Waals surface area contributed by atoms with Crippen LogP contribution in [0.5, 0.6) is 0 Å². The average molecular weight is 288 g/mol. The Hall–Kier alpha value is -0.870. The van der Waals surface area contributed by atoms with Crippen LogP contribution in [0.2, 0.25) is 5.02 Å². The number of rotatable bonds is 2. The summed E-state index contributed by atoms with van der Waals surface area (Å²) in [5.74, 6) is 0. The van der Waals surface area contributed by atoms with Gasteiger partial charge in [0.05, 0.1) is 10.7 Å². The molecule has 16 heavy (non-hydrogen) atoms. The van der Waals surface area contributed by atoms with Gasteiger partial charge in [-0.15, -0.1) is 0 Å². The molecule has 1 aromatic carbocycles. The molecule has 0 aromatic heterocycles. The van der Waals surface area contributed by atoms with Crippen LogP contribution < -0.4 is 5.73 Å². The Balaban J connectivity index is 3.93. The molecule has 10 heteroatoms. The standard InChI is InChI=1S/C6H6ClNO6S2/c7-3-1-2-4(8)6(16(12,13)14)5(3)15(9,10)11/h1-2H,8H2,(H,9,10,11)(H,12,13,14). The third-order valence-corrected chi connectivity index (χ3v) is 4.06. The molecule has 7 nitrogen and oxygen atoms in total. The van der Waals surface area contributed by atoms with Crippen LogP contribution in [0.3, 0.4) is 0 Å². The first kappa shape index (κ1) is 13.2. The molecule has 0 aliphatic rings. The van der Waals surface area contributed by atoms with Crippen LogP contribution in [0.25, 0.3) is 0 Å². The Morgan fingerprint density at radius 3 is 1.75 bits per heavy atom. The minimum Gasteiger partial charge on any atom is -0.398 e. The van der Waals surface area contributed by atoms with Gasteiger partial charge >= 0.3 is 0 Å². The van der Waals surface area contributed by atoms with Crippen molar-refractivity contribution in [1.82, 2.24) is 0 Å². The minimum absolute atomic E-state index is 0.542. The zero-order chi connectivity index (χ0) is 12.7. The molecule has 90 valence electrons. The van der Waals surface area contributed by atoms with Crippen LogP contribution in [0, 0.1) is 0 Å². The second-order valence-corrected chi connectivity index (χ2v) is 5.87. The van der Waals surface area contributed by atoms with Crippen molar-refractivity contribution in [2.45, 2.75) is 9.79 Å². The van der Waals surface area contributed by atoms with Crippen LogP contribution in [0.1, 0.15) is 0 Å². The van der Waals surface area contributed by atoms with E-state index in [9.17, 15) is 16.8 Å². The van der Waals surface area contributed by atoms with Crippen molar-refractivity contribution < 1.29 is 25.9 Å². The van der Waals surface area contributed by atoms with E-state index in [4.69, 9.17) is 26.4 Å². The Labute approximate surface area is 96.3 Å². The summed E-state index contributed by atoms with van der Waals surface area (Å²) in [7, 11) is -9.84. The maximum atomic E-state index is 10.9. The van der Waals surface area contributed by atoms with Crippen LogP contribution in [-0.2, 0) is 20.2 Å². The Kier molecular flexibility index (Phi) is 3.18. The van der Waals surface area contributed by atoms with Gasteiger partial charge in [0.25, 0.3) is 20.2 Å². The van der Waals surface area contributed by atoms with Crippen molar-refractivity contribution in [1.29, 1.82) is 0 Å². The lowest BCUT2D eigenvalue weighted by molar-refractivity contribution is 0.467. The fourth-order valence-corrected chi connectivity index (χ4v) is 3.57. The van der Waals surface area contributed by atoms with E-state index in [-0.39, 0.29) is 0 Å². The highest BCUT2D eigenvalue weighted by Gasteiger charge is 2.29. The zero-order valence-electron chi connectivity index (χ0n) is 7.45. The monoisotopic (exact) mass is 287 g/mol. The van der Waals surface area contributed by atoms with Crippen LogP contribution >= 0.6 is 11.6 Å². The zero-order valence-corrected chi connectivity index (χ0v) is 9.84. The summed E-state index contributed by atoms with van der Waals surface area (Å²) >= 11 is 5.42. The van der Waals surface area contributed by atoms with E-state index in [0.29, 0.717) is 0 Å². The summed E-state index contributed by atoms with van der Waals surface area (Å²) in [5.41, 5.74) is 4.66. The van der Waals surface area contributed by atoms with E-state index in [1.807, 2.05) is 0 Å². The summed E-state index contributed by atoms with van der Waals surface area (Å²) in [5, 5.41) is -0.565. The van der Waals surface area contributed by atoms with Crippen molar-refractivity contribution in [2.24, 2.45) is 0 Å². The van der Waals surface area contributed by atoms with Crippen molar-refractivity contribution >= 4 is 37.5 Å². The van der Waals surface area contributed by atoms with Crippen molar-refractivity contribution in [3.8, 4) is 0 Å². The maximum absolute atomic E-state index is 10.9. The highest BCUT2D eigenvalue weighted by atomic mass is 35.5. The van der Waals surface area contributed by atoms with Crippen LogP contribution in [0.15, 0.2) is 21.9 Å². The lowest BCUT2D eigenvalue weighted by Crippen LogP contribution is -2.11. The van der Waals surface area contributed by atoms with E-state index < -0.39 is 40.7 Å². The fraction of sp³-hybridized carbons (Fsp3) is 0. The van der Waals surface area contributed by atoms with Crippen molar-refractivity contribution in [3.05, 3.63) is 17.2 Å². The molecule has 0 aliphatic heterocycles. The molecule has 0 unspecified atom stereocenters. The smallest absolute Gasteiger partial charge is 0.298 e. The lowest BCUT2D eigenvalue weighted by atomic mass is 10.3. The van der Waals surface area contributed by atoms with Gasteiger partial charge in [-0.2, -0.15) is 16.8 Å². The summed E-state index contributed by atoms with van der Waals surface area (Å²) in [6, 6.07) is 1.97. The predicted octanol–water partition coefficient (Wildman–Crippen LogP) is 0.416. The van der Waals surface area contributed by atoms with Gasteiger partial charge in [0.15, 0.2) is 0 Å². The highest BCUT2D eigenvalue weighted by molar-refractivity contribution is 7.89. The number of halogens is 1. The first-order valence-corrected chi connectivity index (χ1v) is 6.84. The fourth-order valence-electron chi connectivity index (χ4n) is 1.06. The molecule has 1 rings (SSSR count). The highest BCUT2D eigenvalue weighted by Crippen LogP contribution is 2.32. The van der Waals surface area contributed by atoms with E-state index in [2.05, 4.69) is 0 Å². The molecule has 4 N–H and O–H groups in total. The molecular formula is C6H6ClNO6S2.